The number of thioether (sulfide) groups is 1. The number of aromatic nitrogens is 1. The van der Waals surface area contributed by atoms with Crippen LogP contribution in [-0.4, -0.2) is 24.2 Å². The summed E-state index contributed by atoms with van der Waals surface area (Å²) < 4.78 is 0. The van der Waals surface area contributed by atoms with Gasteiger partial charge in [-0.2, -0.15) is 0 Å². The van der Waals surface area contributed by atoms with Crippen molar-refractivity contribution in [3.05, 3.63) is 17.8 Å². The standard InChI is InChI=1S/C8H11N3OS/c1-10-8(12)6-3-5(13-2)4-7(9)11-6/h3-4H,1-2H3,(H2,9,11)(H,10,12). The van der Waals surface area contributed by atoms with Gasteiger partial charge in [-0.05, 0) is 18.4 Å². The van der Waals surface area contributed by atoms with E-state index in [0.717, 1.165) is 4.90 Å². The number of anilines is 1. The summed E-state index contributed by atoms with van der Waals surface area (Å²) in [4.78, 5) is 16.0. The highest BCUT2D eigenvalue weighted by Crippen LogP contribution is 2.17. The molecule has 0 radical (unpaired) electrons. The molecule has 13 heavy (non-hydrogen) atoms. The molecule has 70 valence electrons. The number of amides is 1. The maximum absolute atomic E-state index is 11.2. The van der Waals surface area contributed by atoms with E-state index < -0.39 is 0 Å². The zero-order valence-corrected chi connectivity index (χ0v) is 8.31. The van der Waals surface area contributed by atoms with Crippen LogP contribution in [0.1, 0.15) is 10.5 Å². The number of hydrogen-bond donors (Lipinski definition) is 2. The Morgan fingerprint density at radius 3 is 2.85 bits per heavy atom. The predicted molar refractivity (Wildman–Crippen MR) is 53.8 cm³/mol. The third kappa shape index (κ3) is 2.35. The van der Waals surface area contributed by atoms with E-state index in [1.54, 1.807) is 19.2 Å². The van der Waals surface area contributed by atoms with Crippen LogP contribution in [0.25, 0.3) is 0 Å². The number of nitrogens with two attached hydrogens (primary N) is 1. The van der Waals surface area contributed by atoms with Crippen molar-refractivity contribution in [1.29, 1.82) is 0 Å². The van der Waals surface area contributed by atoms with Crippen LogP contribution in [0.5, 0.6) is 0 Å². The predicted octanol–water partition coefficient (Wildman–Crippen LogP) is 0.745. The van der Waals surface area contributed by atoms with Crippen LogP contribution >= 0.6 is 11.8 Å². The lowest BCUT2D eigenvalue weighted by atomic mass is 10.3. The lowest BCUT2D eigenvalue weighted by Gasteiger charge is -2.02. The molecule has 0 aromatic carbocycles. The summed E-state index contributed by atoms with van der Waals surface area (Å²) in [5.74, 6) is 0.146. The van der Waals surface area contributed by atoms with Crippen LogP contribution in [0.3, 0.4) is 0 Å². The van der Waals surface area contributed by atoms with Gasteiger partial charge in [0.25, 0.3) is 5.91 Å². The Hall–Kier alpha value is -1.23. The van der Waals surface area contributed by atoms with Crippen molar-refractivity contribution in [2.24, 2.45) is 0 Å². The summed E-state index contributed by atoms with van der Waals surface area (Å²) in [5, 5.41) is 2.49. The summed E-state index contributed by atoms with van der Waals surface area (Å²) in [5.41, 5.74) is 5.88. The number of nitrogen functional groups attached to an aromatic ring is 1. The Morgan fingerprint density at radius 2 is 2.31 bits per heavy atom. The molecule has 0 spiro atoms. The van der Waals surface area contributed by atoms with Gasteiger partial charge in [0.15, 0.2) is 0 Å². The molecular weight excluding hydrogens is 186 g/mol. The number of nitrogens with one attached hydrogen (secondary N) is 1. The fraction of sp³-hybridized carbons (Fsp3) is 0.250. The molecule has 1 aromatic heterocycles. The highest BCUT2D eigenvalue weighted by molar-refractivity contribution is 7.98. The zero-order chi connectivity index (χ0) is 9.84. The van der Waals surface area contributed by atoms with Gasteiger partial charge in [0.2, 0.25) is 0 Å². The molecule has 0 aliphatic carbocycles. The minimum atomic E-state index is -0.220. The van der Waals surface area contributed by atoms with E-state index in [9.17, 15) is 4.79 Å². The van der Waals surface area contributed by atoms with Crippen molar-refractivity contribution in [1.82, 2.24) is 10.3 Å². The van der Waals surface area contributed by atoms with E-state index in [0.29, 0.717) is 11.5 Å². The summed E-state index contributed by atoms with van der Waals surface area (Å²) in [6.45, 7) is 0. The van der Waals surface area contributed by atoms with E-state index in [1.807, 2.05) is 6.26 Å². The lowest BCUT2D eigenvalue weighted by Crippen LogP contribution is -2.19. The molecule has 0 fully saturated rings. The SMILES string of the molecule is CNC(=O)c1cc(SC)cc(N)n1. The Kier molecular flexibility index (Phi) is 3.13. The normalized spacial score (nSPS) is 9.69. The average molecular weight is 197 g/mol. The first-order valence-electron chi connectivity index (χ1n) is 3.71. The molecular formula is C8H11N3OS. The van der Waals surface area contributed by atoms with Crippen molar-refractivity contribution in [3.8, 4) is 0 Å². The van der Waals surface area contributed by atoms with Crippen molar-refractivity contribution >= 4 is 23.5 Å². The first-order valence-corrected chi connectivity index (χ1v) is 4.93. The van der Waals surface area contributed by atoms with Gasteiger partial charge in [-0.1, -0.05) is 0 Å². The van der Waals surface area contributed by atoms with Crippen LogP contribution in [-0.2, 0) is 0 Å². The van der Waals surface area contributed by atoms with E-state index >= 15 is 0 Å². The molecule has 1 aromatic rings. The van der Waals surface area contributed by atoms with Crippen LogP contribution in [0.15, 0.2) is 17.0 Å². The Balaban J connectivity index is 3.08. The van der Waals surface area contributed by atoms with Crippen molar-refractivity contribution in [2.45, 2.75) is 4.90 Å². The number of pyridine rings is 1. The largest absolute Gasteiger partial charge is 0.384 e. The molecule has 0 bridgehead atoms. The highest BCUT2D eigenvalue weighted by Gasteiger charge is 2.06. The van der Waals surface area contributed by atoms with E-state index in [2.05, 4.69) is 10.3 Å². The van der Waals surface area contributed by atoms with Crippen LogP contribution in [0, 0.1) is 0 Å². The van der Waals surface area contributed by atoms with Gasteiger partial charge >= 0.3 is 0 Å². The minimum absolute atomic E-state index is 0.220. The van der Waals surface area contributed by atoms with Gasteiger partial charge in [-0.25, -0.2) is 4.98 Å². The molecule has 0 unspecified atom stereocenters. The molecule has 5 heteroatoms. The Bertz CT molecular complexity index is 327. The molecule has 1 heterocycles. The fourth-order valence-corrected chi connectivity index (χ4v) is 1.36. The highest BCUT2D eigenvalue weighted by atomic mass is 32.2. The first-order chi connectivity index (χ1) is 6.17. The smallest absolute Gasteiger partial charge is 0.269 e. The van der Waals surface area contributed by atoms with Gasteiger partial charge in [0.05, 0.1) is 0 Å². The minimum Gasteiger partial charge on any atom is -0.384 e. The monoisotopic (exact) mass is 197 g/mol. The topological polar surface area (TPSA) is 68.0 Å². The first kappa shape index (κ1) is 9.85. The summed E-state index contributed by atoms with van der Waals surface area (Å²) >= 11 is 1.53. The van der Waals surface area contributed by atoms with Gasteiger partial charge in [0, 0.05) is 11.9 Å². The van der Waals surface area contributed by atoms with E-state index in [4.69, 9.17) is 5.73 Å². The molecule has 0 aliphatic rings. The second-order valence-electron chi connectivity index (χ2n) is 2.40. The number of hydrogen-bond acceptors (Lipinski definition) is 4. The number of carbonyl (C=O) groups is 1. The van der Waals surface area contributed by atoms with Crippen LogP contribution in [0.4, 0.5) is 5.82 Å². The number of rotatable bonds is 2. The maximum atomic E-state index is 11.2. The third-order valence-electron chi connectivity index (χ3n) is 1.51. The molecule has 0 aliphatic heterocycles. The average Bonchev–Trinajstić information content (AvgIpc) is 2.15. The van der Waals surface area contributed by atoms with Crippen LogP contribution < -0.4 is 11.1 Å². The van der Waals surface area contributed by atoms with Crippen molar-refractivity contribution in [2.75, 3.05) is 19.0 Å². The van der Waals surface area contributed by atoms with Gasteiger partial charge < -0.3 is 11.1 Å². The molecule has 0 atom stereocenters. The van der Waals surface area contributed by atoms with Gasteiger partial charge in [-0.3, -0.25) is 4.79 Å². The van der Waals surface area contributed by atoms with E-state index in [1.165, 1.54) is 11.8 Å². The number of carbonyl (C=O) groups excluding carboxylic acids is 1. The summed E-state index contributed by atoms with van der Waals surface area (Å²) in [6, 6.07) is 3.44. The zero-order valence-electron chi connectivity index (χ0n) is 7.50. The quantitative estimate of drug-likeness (QED) is 0.686. The molecule has 3 N–H and O–H groups in total. The second kappa shape index (κ2) is 4.13. The molecule has 1 amide bonds. The fourth-order valence-electron chi connectivity index (χ4n) is 0.888. The Labute approximate surface area is 80.9 Å². The maximum Gasteiger partial charge on any atom is 0.269 e. The molecule has 1 rings (SSSR count). The summed E-state index contributed by atoms with van der Waals surface area (Å²) in [7, 11) is 1.56. The summed E-state index contributed by atoms with van der Waals surface area (Å²) in [6.07, 6.45) is 1.92. The van der Waals surface area contributed by atoms with Crippen molar-refractivity contribution in [3.63, 3.8) is 0 Å². The lowest BCUT2D eigenvalue weighted by molar-refractivity contribution is 0.0958. The third-order valence-corrected chi connectivity index (χ3v) is 2.22. The van der Waals surface area contributed by atoms with Crippen molar-refractivity contribution < 1.29 is 4.79 Å². The van der Waals surface area contributed by atoms with Gasteiger partial charge in [-0.15, -0.1) is 11.8 Å². The molecule has 0 saturated heterocycles. The van der Waals surface area contributed by atoms with Gasteiger partial charge in [0.1, 0.15) is 11.5 Å². The second-order valence-corrected chi connectivity index (χ2v) is 3.28. The molecule has 0 saturated carbocycles. The number of nitrogens with zero attached hydrogens (tertiary/aromatic N) is 1. The van der Waals surface area contributed by atoms with E-state index in [-0.39, 0.29) is 5.91 Å². The molecule has 4 nitrogen and oxygen atoms in total. The Morgan fingerprint density at radius 1 is 1.62 bits per heavy atom. The van der Waals surface area contributed by atoms with Crippen LogP contribution in [0.2, 0.25) is 0 Å².